The smallest absolute Gasteiger partial charge is 0.325 e. The largest absolute Gasteiger partial charge is 0.508 e. The van der Waals surface area contributed by atoms with E-state index in [1.54, 1.807) is 25.3 Å². The van der Waals surface area contributed by atoms with Gasteiger partial charge in [0.2, 0.25) is 0 Å². The first-order valence-electron chi connectivity index (χ1n) is 6.11. The van der Waals surface area contributed by atoms with Crippen LogP contribution in [0, 0.1) is 0 Å². The van der Waals surface area contributed by atoms with Crippen LogP contribution in [0.2, 0.25) is 0 Å². The van der Waals surface area contributed by atoms with Crippen molar-refractivity contribution in [2.75, 3.05) is 20.7 Å². The maximum Gasteiger partial charge on any atom is 0.325 e. The summed E-state index contributed by atoms with van der Waals surface area (Å²) in [5, 5.41) is 9.50. The maximum absolute atomic E-state index is 12.3. The van der Waals surface area contributed by atoms with E-state index in [0.29, 0.717) is 5.70 Å². The fourth-order valence-electron chi connectivity index (χ4n) is 1.87. The van der Waals surface area contributed by atoms with E-state index in [4.69, 9.17) is 12.2 Å². The van der Waals surface area contributed by atoms with E-state index in [-0.39, 0.29) is 23.3 Å². The van der Waals surface area contributed by atoms with Gasteiger partial charge in [-0.15, -0.1) is 0 Å². The van der Waals surface area contributed by atoms with Crippen LogP contribution in [0.25, 0.3) is 6.08 Å². The van der Waals surface area contributed by atoms with E-state index in [1.165, 1.54) is 29.0 Å². The van der Waals surface area contributed by atoms with Crippen molar-refractivity contribution < 1.29 is 19.4 Å². The first kappa shape index (κ1) is 15.0. The number of phenolic OH excluding ortho intramolecular Hbond substituents is 1. The molecule has 0 unspecified atom stereocenters. The summed E-state index contributed by atoms with van der Waals surface area (Å²) in [6.45, 7) is -0.217. The molecule has 6 nitrogen and oxygen atoms in total. The number of phenols is 1. The monoisotopic (exact) mass is 306 g/mol. The minimum Gasteiger partial charge on any atom is -0.508 e. The highest BCUT2D eigenvalue weighted by Crippen LogP contribution is 2.22. The molecule has 1 saturated heterocycles. The van der Waals surface area contributed by atoms with E-state index in [0.717, 1.165) is 5.56 Å². The molecule has 7 heteroatoms. The zero-order valence-electron chi connectivity index (χ0n) is 11.6. The SMILES string of the molecule is COC(=O)CN1C(=O)/C(=C/c2ccc(O)cc2)N(C)C1=S. The molecule has 0 aliphatic carbocycles. The molecule has 1 aromatic carbocycles. The van der Waals surface area contributed by atoms with Crippen molar-refractivity contribution in [3.8, 4) is 5.75 Å². The van der Waals surface area contributed by atoms with E-state index in [2.05, 4.69) is 4.74 Å². The van der Waals surface area contributed by atoms with Crippen molar-refractivity contribution in [2.45, 2.75) is 0 Å². The third-order valence-corrected chi connectivity index (χ3v) is 3.55. The first-order valence-corrected chi connectivity index (χ1v) is 6.52. The fourth-order valence-corrected chi connectivity index (χ4v) is 2.12. The lowest BCUT2D eigenvalue weighted by molar-refractivity contribution is -0.143. The van der Waals surface area contributed by atoms with Gasteiger partial charge in [-0.05, 0) is 36.0 Å². The van der Waals surface area contributed by atoms with E-state index >= 15 is 0 Å². The number of hydrogen-bond donors (Lipinski definition) is 1. The van der Waals surface area contributed by atoms with Crippen molar-refractivity contribution in [1.29, 1.82) is 0 Å². The summed E-state index contributed by atoms with van der Waals surface area (Å²) in [4.78, 5) is 26.4. The van der Waals surface area contributed by atoms with Crippen LogP contribution in [0.3, 0.4) is 0 Å². The third kappa shape index (κ3) is 3.03. The first-order chi connectivity index (χ1) is 9.93. The Hall–Kier alpha value is -2.41. The molecule has 0 saturated carbocycles. The number of methoxy groups -OCH3 is 1. The second kappa shape index (κ2) is 5.92. The number of likely N-dealkylation sites (N-methyl/N-ethyl adjacent to an activating group) is 1. The molecule has 1 fully saturated rings. The molecule has 1 heterocycles. The van der Waals surface area contributed by atoms with Crippen molar-refractivity contribution in [1.82, 2.24) is 9.80 Å². The average Bonchev–Trinajstić information content (AvgIpc) is 2.67. The lowest BCUT2D eigenvalue weighted by atomic mass is 10.2. The summed E-state index contributed by atoms with van der Waals surface area (Å²) in [5.41, 5.74) is 1.10. The molecular formula is C14H14N2O4S. The number of esters is 1. The molecule has 0 radical (unpaired) electrons. The summed E-state index contributed by atoms with van der Waals surface area (Å²) in [7, 11) is 2.91. The van der Waals surface area contributed by atoms with Crippen molar-refractivity contribution in [3.63, 3.8) is 0 Å². The van der Waals surface area contributed by atoms with E-state index in [9.17, 15) is 14.7 Å². The van der Waals surface area contributed by atoms with Gasteiger partial charge >= 0.3 is 5.97 Å². The number of thiocarbonyl (C=S) groups is 1. The Balaban J connectivity index is 2.28. The summed E-state index contributed by atoms with van der Waals surface area (Å²) in [6.07, 6.45) is 1.64. The molecule has 1 amide bonds. The number of amides is 1. The van der Waals surface area contributed by atoms with E-state index < -0.39 is 5.97 Å². The van der Waals surface area contributed by atoms with Crippen LogP contribution in [0.15, 0.2) is 30.0 Å². The van der Waals surface area contributed by atoms with Crippen LogP contribution in [0.5, 0.6) is 5.75 Å². The zero-order valence-corrected chi connectivity index (χ0v) is 12.4. The van der Waals surface area contributed by atoms with Crippen LogP contribution in [-0.4, -0.2) is 52.6 Å². The van der Waals surface area contributed by atoms with Gasteiger partial charge in [-0.3, -0.25) is 14.5 Å². The number of nitrogens with zero attached hydrogens (tertiary/aromatic N) is 2. The second-order valence-electron chi connectivity index (χ2n) is 4.43. The van der Waals surface area contributed by atoms with Crippen LogP contribution < -0.4 is 0 Å². The fraction of sp³-hybridized carbons (Fsp3) is 0.214. The van der Waals surface area contributed by atoms with Crippen molar-refractivity contribution in [3.05, 3.63) is 35.5 Å². The van der Waals surface area contributed by atoms with Gasteiger partial charge in [0.05, 0.1) is 7.11 Å². The number of hydrogen-bond acceptors (Lipinski definition) is 5. The normalized spacial score (nSPS) is 16.8. The summed E-state index contributed by atoms with van der Waals surface area (Å²) in [6, 6.07) is 6.40. The third-order valence-electron chi connectivity index (χ3n) is 3.05. The van der Waals surface area contributed by atoms with Gasteiger partial charge in [0.25, 0.3) is 5.91 Å². The number of rotatable bonds is 3. The summed E-state index contributed by atoms with van der Waals surface area (Å²) >= 11 is 5.16. The Labute approximate surface area is 127 Å². The molecular weight excluding hydrogens is 292 g/mol. The highest BCUT2D eigenvalue weighted by molar-refractivity contribution is 7.80. The lowest BCUT2D eigenvalue weighted by Gasteiger charge is -2.14. The van der Waals surface area contributed by atoms with E-state index in [1.807, 2.05) is 0 Å². The van der Waals surface area contributed by atoms with Crippen molar-refractivity contribution in [2.24, 2.45) is 0 Å². The van der Waals surface area contributed by atoms with Crippen LogP contribution in [0.1, 0.15) is 5.56 Å². The number of ether oxygens (including phenoxy) is 1. The Kier molecular flexibility index (Phi) is 4.23. The average molecular weight is 306 g/mol. The highest BCUT2D eigenvalue weighted by atomic mass is 32.1. The van der Waals surface area contributed by atoms with Gasteiger partial charge < -0.3 is 14.7 Å². The van der Waals surface area contributed by atoms with Gasteiger partial charge in [0.1, 0.15) is 18.0 Å². The molecule has 0 aromatic heterocycles. The molecule has 1 aromatic rings. The predicted octanol–water partition coefficient (Wildman–Crippen LogP) is 0.965. The van der Waals surface area contributed by atoms with Crippen LogP contribution in [0.4, 0.5) is 0 Å². The van der Waals surface area contributed by atoms with Gasteiger partial charge in [-0.2, -0.15) is 0 Å². The van der Waals surface area contributed by atoms with Gasteiger partial charge in [0.15, 0.2) is 5.11 Å². The molecule has 0 bridgehead atoms. The number of carbonyl (C=O) groups excluding carboxylic acids is 2. The minimum atomic E-state index is -0.537. The molecule has 110 valence electrons. The number of aromatic hydroxyl groups is 1. The number of benzene rings is 1. The van der Waals surface area contributed by atoms with Crippen LogP contribution in [-0.2, 0) is 14.3 Å². The second-order valence-corrected chi connectivity index (χ2v) is 4.80. The topological polar surface area (TPSA) is 70.1 Å². The summed E-state index contributed by atoms with van der Waals surface area (Å²) in [5.74, 6) is -0.753. The molecule has 21 heavy (non-hydrogen) atoms. The molecule has 2 rings (SSSR count). The highest BCUT2D eigenvalue weighted by Gasteiger charge is 2.36. The number of carbonyl (C=O) groups is 2. The van der Waals surface area contributed by atoms with Crippen LogP contribution >= 0.6 is 12.2 Å². The molecule has 1 aliphatic rings. The Morgan fingerprint density at radius 2 is 2.00 bits per heavy atom. The van der Waals surface area contributed by atoms with Gasteiger partial charge in [-0.1, -0.05) is 12.1 Å². The Bertz CT molecular complexity index is 624. The van der Waals surface area contributed by atoms with Gasteiger partial charge in [0, 0.05) is 7.05 Å². The quantitative estimate of drug-likeness (QED) is 0.510. The standard InChI is InChI=1S/C14H14N2O4S/c1-15-11(7-9-3-5-10(17)6-4-9)13(19)16(14(15)21)8-12(18)20-2/h3-7,17H,8H2,1-2H3/b11-7-. The predicted molar refractivity (Wildman–Crippen MR) is 80.2 cm³/mol. The lowest BCUT2D eigenvalue weighted by Crippen LogP contribution is -2.36. The Morgan fingerprint density at radius 1 is 1.38 bits per heavy atom. The molecule has 0 spiro atoms. The van der Waals surface area contributed by atoms with Crippen molar-refractivity contribution >= 4 is 35.3 Å². The Morgan fingerprint density at radius 3 is 2.57 bits per heavy atom. The summed E-state index contributed by atoms with van der Waals surface area (Å²) < 4.78 is 4.55. The maximum atomic E-state index is 12.3. The van der Waals surface area contributed by atoms with Gasteiger partial charge in [-0.25, -0.2) is 0 Å². The minimum absolute atomic E-state index is 0.145. The molecule has 1 N–H and O–H groups in total. The zero-order chi connectivity index (χ0) is 15.6. The molecule has 0 atom stereocenters. The molecule has 1 aliphatic heterocycles.